The number of imidazole rings is 4. The highest BCUT2D eigenvalue weighted by molar-refractivity contribution is 6.18. The van der Waals surface area contributed by atoms with Gasteiger partial charge in [-0.05, 0) is 85.1 Å². The van der Waals surface area contributed by atoms with Crippen LogP contribution in [0.15, 0.2) is 119 Å². The molecular weight excluding hydrogens is 1720 g/mol. The van der Waals surface area contributed by atoms with Crippen LogP contribution in [0.5, 0.6) is 23.0 Å². The van der Waals surface area contributed by atoms with E-state index in [1.807, 2.05) is 7.05 Å². The number of rotatable bonds is 19. The lowest BCUT2D eigenvalue weighted by atomic mass is 9.97. The monoisotopic (exact) mass is 1840 g/mol. The minimum Gasteiger partial charge on any atom is -0.633 e. The summed E-state index contributed by atoms with van der Waals surface area (Å²) in [4.78, 5) is 92.8. The van der Waals surface area contributed by atoms with Crippen LogP contribution in [0.2, 0.25) is 0 Å². The summed E-state index contributed by atoms with van der Waals surface area (Å²) in [7, 11) is 9.99. The number of aliphatic hydroxyl groups is 7. The topological polar surface area (TPSA) is 580 Å². The number of aromatic amines is 3. The van der Waals surface area contributed by atoms with Gasteiger partial charge in [-0.1, -0.05) is 0 Å². The molecule has 714 valence electrons. The smallest absolute Gasteiger partial charge is 0.335 e. The normalized spacial score (nSPS) is 24.8. The molecule has 45 heteroatoms. The van der Waals surface area contributed by atoms with Crippen LogP contribution in [0, 0.1) is 38.1 Å². The lowest BCUT2D eigenvalue weighted by Crippen LogP contribution is -2.61. The van der Waals surface area contributed by atoms with Gasteiger partial charge in [0.15, 0.2) is 30.0 Å². The molecule has 17 heterocycles. The van der Waals surface area contributed by atoms with Crippen LogP contribution in [-0.4, -0.2) is 432 Å². The number of nitrogens with zero attached hydrogens (tertiary/aromatic N) is 22. The fourth-order valence-corrected chi connectivity index (χ4v) is 16.6. The first kappa shape index (κ1) is 98.4. The van der Waals surface area contributed by atoms with Crippen molar-refractivity contribution in [2.24, 2.45) is 9.98 Å². The molecule has 16 N–H and O–H groups in total. The molecule has 0 aromatic carbocycles. The predicted octanol–water partition coefficient (Wildman–Crippen LogP) is 1.04. The number of nitrogens with one attached hydrogen (secondary N) is 3. The lowest BCUT2D eigenvalue weighted by Gasteiger charge is -2.47. The maximum Gasteiger partial charge on any atom is 0.335 e. The minimum atomic E-state index is -1.80. The first-order valence-corrected chi connectivity index (χ1v) is 43.7. The molecule has 0 saturated carbocycles. The minimum absolute atomic E-state index is 0.0281. The highest BCUT2D eigenvalue weighted by Crippen LogP contribution is 2.42. The summed E-state index contributed by atoms with van der Waals surface area (Å²) in [5, 5.41) is 158. The second kappa shape index (κ2) is 43.3. The number of hydrogen-bond acceptors (Lipinski definition) is 37. The van der Waals surface area contributed by atoms with Gasteiger partial charge in [0.2, 0.25) is 6.29 Å². The van der Waals surface area contributed by atoms with Crippen molar-refractivity contribution in [3.05, 3.63) is 164 Å². The molecule has 0 radical (unpaired) electrons. The van der Waals surface area contributed by atoms with Gasteiger partial charge in [0.25, 0.3) is 0 Å². The number of aromatic hydroxyl groups is 3. The zero-order valence-electron chi connectivity index (χ0n) is 75.6. The quantitative estimate of drug-likeness (QED) is 0.0397. The number of aromatic nitrogens is 12. The molecule has 0 spiro atoms. The second-order valence-corrected chi connectivity index (χ2v) is 34.8. The third-order valence-electron chi connectivity index (χ3n) is 25.1. The van der Waals surface area contributed by atoms with Gasteiger partial charge < -0.3 is 129 Å². The van der Waals surface area contributed by atoms with Gasteiger partial charge in [-0.2, -0.15) is 0 Å². The first-order valence-electron chi connectivity index (χ1n) is 43.7. The summed E-state index contributed by atoms with van der Waals surface area (Å²) in [5.41, 5.74) is 9.22. The number of hydrogen-bond donors (Lipinski definition) is 16. The van der Waals surface area contributed by atoms with Crippen molar-refractivity contribution in [3.8, 4) is 68.5 Å². The molecule has 0 unspecified atom stereocenters. The van der Waals surface area contributed by atoms with E-state index in [0.29, 0.717) is 144 Å². The maximum absolute atomic E-state index is 12.9. The van der Waals surface area contributed by atoms with Gasteiger partial charge in [0, 0.05) is 229 Å². The van der Waals surface area contributed by atoms with Gasteiger partial charge in [-0.3, -0.25) is 49.6 Å². The number of aliphatic carboxylic acids is 2. The van der Waals surface area contributed by atoms with Crippen LogP contribution in [-0.2, 0) is 45.2 Å². The highest BCUT2D eigenvalue weighted by Gasteiger charge is 2.50. The van der Waals surface area contributed by atoms with E-state index < -0.39 is 73.3 Å². The molecule has 7 saturated heterocycles. The molecule has 9 aliphatic rings. The lowest BCUT2D eigenvalue weighted by molar-refractivity contribution is -0.898. The van der Waals surface area contributed by atoms with Gasteiger partial charge in [0.1, 0.15) is 89.5 Å². The van der Waals surface area contributed by atoms with Crippen molar-refractivity contribution >= 4 is 24.4 Å². The number of pyridine rings is 4. The number of carboxylic acids is 2. The Labute approximate surface area is 762 Å². The van der Waals surface area contributed by atoms with E-state index in [1.54, 1.807) is 122 Å². The third kappa shape index (κ3) is 23.4. The Bertz CT molecular complexity index is 5340. The van der Waals surface area contributed by atoms with Crippen molar-refractivity contribution in [2.75, 3.05) is 173 Å². The Kier molecular flexibility index (Phi) is 32.3. The molecule has 45 nitrogen and oxygen atoms in total. The molecule has 0 amide bonds. The Morgan fingerprint density at radius 1 is 0.477 bits per heavy atom. The number of hydroxylamine groups is 8. The first-order chi connectivity index (χ1) is 62.9. The van der Waals surface area contributed by atoms with Crippen molar-refractivity contribution in [2.45, 2.75) is 122 Å². The average Bonchev–Trinajstić information content (AvgIpc) is 1.44. The molecule has 8 aromatic heterocycles. The molecule has 7 fully saturated rings. The SMILES string of the molecule is CC1=C(O)C(=C2N=CC=N2)C(CN2CCN(C)CC2)=CN1O.Cc1ncc(CN2CCN(C)CC2)c(-c2ncc[nH]2)c1O[C@@H]1O[C@H](C(=O)O)[C@@H](O)[C@H](O)[C@H]1O.Cc1ncc(CN2CCN(C)CC2)c(-c2nccn2[C@@H]2O[C@H](C(=O)O)[C@@H](O)[C@H](O)[C@H]2O)c1O.Cc1ncc(CN2CC[N+](C)([O-])CC2)c(-c2ncc[nH]2)c1O.Cc1ncc(C[N+]2([O-])CCN(C)CC2)c(-c2ncc[nH]2)c1O. The van der Waals surface area contributed by atoms with E-state index in [2.05, 4.69) is 125 Å². The average molecular weight is 1840 g/mol. The van der Waals surface area contributed by atoms with E-state index in [0.717, 1.165) is 132 Å². The second-order valence-electron chi connectivity index (χ2n) is 34.8. The van der Waals surface area contributed by atoms with Crippen LogP contribution < -0.4 is 4.74 Å². The zero-order chi connectivity index (χ0) is 94.7. The fourth-order valence-electron chi connectivity index (χ4n) is 16.6. The summed E-state index contributed by atoms with van der Waals surface area (Å²) in [6.45, 7) is 27.6. The number of carbonyl (C=O) groups is 2. The van der Waals surface area contributed by atoms with E-state index in [1.165, 1.54) is 17.0 Å². The van der Waals surface area contributed by atoms with E-state index in [4.69, 9.17) is 14.2 Å². The van der Waals surface area contributed by atoms with Gasteiger partial charge in [0.05, 0.1) is 89.5 Å². The van der Waals surface area contributed by atoms with Crippen LogP contribution in [0.4, 0.5) is 0 Å². The summed E-state index contributed by atoms with van der Waals surface area (Å²) >= 11 is 0. The van der Waals surface area contributed by atoms with Gasteiger partial charge in [-0.25, -0.2) is 44.6 Å². The largest absolute Gasteiger partial charge is 0.633 e. The van der Waals surface area contributed by atoms with E-state index >= 15 is 0 Å². The van der Waals surface area contributed by atoms with Crippen LogP contribution in [0.25, 0.3) is 45.6 Å². The van der Waals surface area contributed by atoms with E-state index in [9.17, 15) is 86.5 Å². The number of aliphatic hydroxyl groups excluding tert-OH is 7. The Balaban J connectivity index is 0.000000142. The van der Waals surface area contributed by atoms with Crippen molar-refractivity contribution < 1.29 is 99.6 Å². The number of likely N-dealkylation sites (N-methyl/N-ethyl adjacent to an activating group) is 5. The van der Waals surface area contributed by atoms with Crippen LogP contribution in [0.1, 0.15) is 58.2 Å². The molecule has 132 heavy (non-hydrogen) atoms. The molecule has 0 bridgehead atoms. The summed E-state index contributed by atoms with van der Waals surface area (Å²) in [5.74, 6) is -0.0846. The Hall–Kier alpha value is -11.1. The van der Waals surface area contributed by atoms with Crippen LogP contribution in [0.3, 0.4) is 0 Å². The summed E-state index contributed by atoms with van der Waals surface area (Å²) < 4.78 is 17.6. The zero-order valence-corrected chi connectivity index (χ0v) is 75.6. The Morgan fingerprint density at radius 2 is 0.886 bits per heavy atom. The number of H-pyrrole nitrogens is 3. The molecular formula is C87H121N25O20. The summed E-state index contributed by atoms with van der Waals surface area (Å²) in [6.07, 6.45) is 7.75. The molecule has 10 atom stereocenters. The third-order valence-corrected chi connectivity index (χ3v) is 25.1. The number of aryl methyl sites for hydroxylation is 4. The molecule has 0 aliphatic carbocycles. The van der Waals surface area contributed by atoms with Crippen molar-refractivity contribution in [1.29, 1.82) is 0 Å². The molecule has 8 aromatic rings. The number of piperazine rings is 5. The van der Waals surface area contributed by atoms with E-state index in [-0.39, 0.29) is 43.9 Å². The predicted molar refractivity (Wildman–Crippen MR) is 479 cm³/mol. The molecule has 9 aliphatic heterocycles. The maximum atomic E-state index is 12.9. The number of aliphatic imine (C=N–C) groups is 2. The number of allylic oxidation sites excluding steroid dienone is 2. The van der Waals surface area contributed by atoms with Gasteiger partial charge >= 0.3 is 11.9 Å². The van der Waals surface area contributed by atoms with Crippen LogP contribution >= 0.6 is 0 Å². The standard InChI is InChI=1S/2C21H29N5O7.3C15H21N5O2/c1-11-17(32-21-16(29)14(27)15(28)18(33-21)20(30)31)13(19-22-3-4-23-19)12(9-24-11)10-26-7-5-25(2)6-8-26;1-11-14(27)13(12(9-23-11)10-25-7-5-24(2)6-8-25)19-22-3-4-26(19)20-17(30)15(28)16(29)18(33-20)21(31)32;1-11-14(21)13(15-16-3-4-17-15)12(9-18-11)10-19-5-7-20(2,22)8-6-19;1-11-14(21)13(15-16-3-4-17-15)12(9-18-11)10-20(22)7-5-19(2)6-8-20;1-11-14(21)13(15-16-3-4-17-15)12(10-20(11)22)9-19-7-5-18(2)6-8-19/h3-4,9,14-16,18,21,27-29H,5-8,10H2,1-2H3,(H,22,23)(H,30,31);3-4,9,15-18,20,27-30H,5-8,10H2,1-2H3,(H,31,32);2*3-4,9,21H,5-8,10H2,1-2H3,(H,16,17);3-4,10,21-22H,5-9H2,1-2H3/t14-,15-,16+,18-,21+;15-,16-,17+,18-,20+;;;/m00.../s1. The Morgan fingerprint density at radius 3 is 1.36 bits per heavy atom. The number of carboxylic acid groups (broad SMARTS) is 2. The summed E-state index contributed by atoms with van der Waals surface area (Å²) in [6, 6.07) is 0. The number of ether oxygens (including phenoxy) is 3. The highest BCUT2D eigenvalue weighted by atomic mass is 16.7. The van der Waals surface area contributed by atoms with Crippen molar-refractivity contribution in [1.82, 2.24) is 104 Å². The van der Waals surface area contributed by atoms with Crippen molar-refractivity contribution in [3.63, 3.8) is 0 Å². The number of quaternary nitrogens is 2. The molecule has 17 rings (SSSR count). The van der Waals surface area contributed by atoms with Gasteiger partial charge in [-0.15, -0.1) is 0 Å². The fraction of sp³-hybridized carbons (Fsp3) is 0.517.